The molecule has 0 unspecified atom stereocenters. The van der Waals surface area contributed by atoms with E-state index in [0.717, 1.165) is 31.5 Å². The summed E-state index contributed by atoms with van der Waals surface area (Å²) in [4.78, 5) is 14.6. The maximum atomic E-state index is 12.8. The van der Waals surface area contributed by atoms with E-state index in [0.29, 0.717) is 19.4 Å². The third-order valence-corrected chi connectivity index (χ3v) is 5.00. The summed E-state index contributed by atoms with van der Waals surface area (Å²) in [5, 5.41) is 13.7. The van der Waals surface area contributed by atoms with Crippen LogP contribution in [0.15, 0.2) is 30.3 Å². The molecule has 0 bridgehead atoms. The zero-order chi connectivity index (χ0) is 17.2. The fourth-order valence-electron chi connectivity index (χ4n) is 3.97. The molecular formula is C19H28N2O3. The highest BCUT2D eigenvalue weighted by Gasteiger charge is 2.46. The number of ether oxygens (including phenoxy) is 1. The highest BCUT2D eigenvalue weighted by molar-refractivity contribution is 5.70. The van der Waals surface area contributed by atoms with E-state index in [1.807, 2.05) is 35.2 Å². The molecule has 1 aromatic rings. The number of hydrogen-bond donors (Lipinski definition) is 2. The number of nitrogens with one attached hydrogen (secondary N) is 1. The van der Waals surface area contributed by atoms with Crippen molar-refractivity contribution in [3.63, 3.8) is 0 Å². The first-order valence-electron chi connectivity index (χ1n) is 8.88. The van der Waals surface area contributed by atoms with Gasteiger partial charge in [-0.2, -0.15) is 0 Å². The molecule has 2 fully saturated rings. The zero-order valence-corrected chi connectivity index (χ0v) is 14.6. The number of carbonyl (C=O) groups excluding carboxylic acids is 1. The molecule has 132 valence electrons. The van der Waals surface area contributed by atoms with E-state index < -0.39 is 11.2 Å². The van der Waals surface area contributed by atoms with Crippen LogP contribution in [0, 0.1) is 0 Å². The predicted octanol–water partition coefficient (Wildman–Crippen LogP) is 2.64. The fourth-order valence-corrected chi connectivity index (χ4v) is 3.97. The molecule has 3 rings (SSSR count). The molecule has 2 heterocycles. The molecule has 2 atom stereocenters. The van der Waals surface area contributed by atoms with E-state index in [2.05, 4.69) is 5.32 Å². The van der Waals surface area contributed by atoms with Crippen LogP contribution >= 0.6 is 0 Å². The number of amides is 1. The Hall–Kier alpha value is -1.59. The second-order valence-electron chi connectivity index (χ2n) is 7.66. The minimum atomic E-state index is -0.912. The molecular weight excluding hydrogens is 304 g/mol. The molecule has 1 amide bonds. The van der Waals surface area contributed by atoms with Gasteiger partial charge in [-0.15, -0.1) is 0 Å². The lowest BCUT2D eigenvalue weighted by atomic mass is 9.80. The molecule has 0 saturated carbocycles. The maximum absolute atomic E-state index is 12.8. The van der Waals surface area contributed by atoms with Crippen LogP contribution in [-0.4, -0.2) is 47.4 Å². The van der Waals surface area contributed by atoms with Gasteiger partial charge >= 0.3 is 6.09 Å². The zero-order valence-electron chi connectivity index (χ0n) is 14.6. The monoisotopic (exact) mass is 332 g/mol. The maximum Gasteiger partial charge on any atom is 0.410 e. The molecule has 1 aromatic carbocycles. The SMILES string of the molecule is CC(C)(O)C[C@]1(c2ccccc2)CCN([C@H]2CCCNC2)C(=O)O1. The minimum Gasteiger partial charge on any atom is -0.438 e. The first kappa shape index (κ1) is 17.2. The first-order chi connectivity index (χ1) is 11.4. The molecule has 2 aliphatic rings. The molecule has 2 N–H and O–H groups in total. The van der Waals surface area contributed by atoms with Gasteiger partial charge < -0.3 is 20.1 Å². The van der Waals surface area contributed by atoms with Crippen molar-refractivity contribution < 1.29 is 14.6 Å². The second kappa shape index (κ2) is 6.73. The van der Waals surface area contributed by atoms with Crippen molar-refractivity contribution in [3.05, 3.63) is 35.9 Å². The van der Waals surface area contributed by atoms with E-state index in [4.69, 9.17) is 4.74 Å². The van der Waals surface area contributed by atoms with E-state index in [9.17, 15) is 9.90 Å². The van der Waals surface area contributed by atoms with E-state index in [1.165, 1.54) is 0 Å². The van der Waals surface area contributed by atoms with Crippen LogP contribution in [0.1, 0.15) is 45.1 Å². The Morgan fingerprint density at radius 1 is 1.38 bits per heavy atom. The lowest BCUT2D eigenvalue weighted by Crippen LogP contribution is -2.56. The Kier molecular flexibility index (Phi) is 4.83. The number of nitrogens with zero attached hydrogens (tertiary/aromatic N) is 1. The van der Waals surface area contributed by atoms with Crippen molar-refractivity contribution in [1.29, 1.82) is 0 Å². The number of benzene rings is 1. The summed E-state index contributed by atoms with van der Waals surface area (Å²) in [6.07, 6.45) is 2.94. The standard InChI is InChI=1S/C19H28N2O3/c1-18(2,23)14-19(15-7-4-3-5-8-15)10-12-21(17(22)24-19)16-9-6-11-20-13-16/h3-5,7-8,16,20,23H,6,9-14H2,1-2H3/t16-,19-/m0/s1. The van der Waals surface area contributed by atoms with Crippen LogP contribution in [-0.2, 0) is 10.3 Å². The van der Waals surface area contributed by atoms with Crippen LogP contribution in [0.4, 0.5) is 4.79 Å². The molecule has 24 heavy (non-hydrogen) atoms. The van der Waals surface area contributed by atoms with Gasteiger partial charge in [0.05, 0.1) is 5.60 Å². The number of aliphatic hydroxyl groups is 1. The quantitative estimate of drug-likeness (QED) is 0.890. The fraction of sp³-hybridized carbons (Fsp3) is 0.632. The molecule has 0 aromatic heterocycles. The highest BCUT2D eigenvalue weighted by Crippen LogP contribution is 2.41. The Bertz CT molecular complexity index is 564. The topological polar surface area (TPSA) is 61.8 Å². The Morgan fingerprint density at radius 3 is 2.71 bits per heavy atom. The second-order valence-corrected chi connectivity index (χ2v) is 7.66. The van der Waals surface area contributed by atoms with Crippen molar-refractivity contribution in [2.75, 3.05) is 19.6 Å². The number of piperidine rings is 1. The molecule has 0 aliphatic carbocycles. The van der Waals surface area contributed by atoms with E-state index in [-0.39, 0.29) is 12.1 Å². The number of cyclic esters (lactones) is 1. The smallest absolute Gasteiger partial charge is 0.410 e. The normalized spacial score (nSPS) is 28.5. The van der Waals surface area contributed by atoms with Gasteiger partial charge in [0.15, 0.2) is 0 Å². The van der Waals surface area contributed by atoms with Crippen molar-refractivity contribution in [1.82, 2.24) is 10.2 Å². The van der Waals surface area contributed by atoms with E-state index >= 15 is 0 Å². The Morgan fingerprint density at radius 2 is 2.12 bits per heavy atom. The Labute approximate surface area is 144 Å². The number of hydrogen-bond acceptors (Lipinski definition) is 4. The highest BCUT2D eigenvalue weighted by atomic mass is 16.6. The molecule has 2 saturated heterocycles. The molecule has 5 heteroatoms. The average Bonchev–Trinajstić information content (AvgIpc) is 2.55. The van der Waals surface area contributed by atoms with Crippen LogP contribution in [0.5, 0.6) is 0 Å². The van der Waals surface area contributed by atoms with E-state index in [1.54, 1.807) is 13.8 Å². The lowest BCUT2D eigenvalue weighted by Gasteiger charge is -2.46. The van der Waals surface area contributed by atoms with Crippen LogP contribution in [0.25, 0.3) is 0 Å². The summed E-state index contributed by atoms with van der Waals surface area (Å²) in [5.41, 5.74) is -0.707. The van der Waals surface area contributed by atoms with Crippen molar-refractivity contribution >= 4 is 6.09 Å². The summed E-state index contributed by atoms with van der Waals surface area (Å²) < 4.78 is 6.00. The van der Waals surface area contributed by atoms with Gasteiger partial charge in [-0.25, -0.2) is 4.79 Å². The number of carbonyl (C=O) groups is 1. The third-order valence-electron chi connectivity index (χ3n) is 5.00. The summed E-state index contributed by atoms with van der Waals surface area (Å²) in [6, 6.07) is 10.0. The summed E-state index contributed by atoms with van der Waals surface area (Å²) in [6.45, 7) is 6.05. The van der Waals surface area contributed by atoms with Gasteiger partial charge in [-0.3, -0.25) is 0 Å². The molecule has 0 spiro atoms. The summed E-state index contributed by atoms with van der Waals surface area (Å²) in [5.74, 6) is 0. The molecule has 0 radical (unpaired) electrons. The average molecular weight is 332 g/mol. The van der Waals surface area contributed by atoms with Gasteiger partial charge in [-0.1, -0.05) is 30.3 Å². The van der Waals surface area contributed by atoms with Crippen LogP contribution in [0.3, 0.4) is 0 Å². The van der Waals surface area contributed by atoms with Crippen LogP contribution in [0.2, 0.25) is 0 Å². The van der Waals surface area contributed by atoms with Crippen LogP contribution < -0.4 is 5.32 Å². The first-order valence-corrected chi connectivity index (χ1v) is 8.88. The number of rotatable bonds is 4. The third kappa shape index (κ3) is 3.73. The van der Waals surface area contributed by atoms with Gasteiger partial charge in [0.1, 0.15) is 5.60 Å². The van der Waals surface area contributed by atoms with Gasteiger partial charge in [-0.05, 0) is 38.8 Å². The molecule has 5 nitrogen and oxygen atoms in total. The van der Waals surface area contributed by atoms with Gasteiger partial charge in [0.25, 0.3) is 0 Å². The summed E-state index contributed by atoms with van der Waals surface area (Å²) >= 11 is 0. The predicted molar refractivity (Wildman–Crippen MR) is 92.7 cm³/mol. The summed E-state index contributed by atoms with van der Waals surface area (Å²) in [7, 11) is 0. The van der Waals surface area contributed by atoms with Crippen molar-refractivity contribution in [2.45, 2.75) is 56.8 Å². The van der Waals surface area contributed by atoms with Gasteiger partial charge in [0.2, 0.25) is 0 Å². The lowest BCUT2D eigenvalue weighted by molar-refractivity contribution is -0.102. The largest absolute Gasteiger partial charge is 0.438 e. The van der Waals surface area contributed by atoms with Crippen molar-refractivity contribution in [3.8, 4) is 0 Å². The van der Waals surface area contributed by atoms with Gasteiger partial charge in [0, 0.05) is 32.0 Å². The van der Waals surface area contributed by atoms with Crippen molar-refractivity contribution in [2.24, 2.45) is 0 Å². The minimum absolute atomic E-state index is 0.210. The Balaban J connectivity index is 1.82. The molecule has 2 aliphatic heterocycles.